The standard InChI is InChI=1S/C20H22N4O4S2/c1-13-8-10-15(11-9-13)19-22-23-20(29-19)21-18(25)14(2)24(30(4,26)27)16-6-5-7-17(12-16)28-3/h5-12,14H,1-4H3,(H,21,23,25)/t14-/m0/s1. The number of aryl methyl sites for hydroxylation is 1. The molecule has 0 unspecified atom stereocenters. The summed E-state index contributed by atoms with van der Waals surface area (Å²) in [5.74, 6) is -0.0320. The Labute approximate surface area is 179 Å². The number of nitrogens with zero attached hydrogens (tertiary/aromatic N) is 3. The van der Waals surface area contributed by atoms with Gasteiger partial charge in [-0.15, -0.1) is 10.2 Å². The second-order valence-corrected chi connectivity index (χ2v) is 9.54. The number of hydrogen-bond acceptors (Lipinski definition) is 7. The van der Waals surface area contributed by atoms with Crippen LogP contribution in [0.15, 0.2) is 48.5 Å². The Morgan fingerprint density at radius 2 is 1.87 bits per heavy atom. The maximum absolute atomic E-state index is 12.8. The Morgan fingerprint density at radius 3 is 2.50 bits per heavy atom. The van der Waals surface area contributed by atoms with E-state index in [1.807, 2.05) is 31.2 Å². The summed E-state index contributed by atoms with van der Waals surface area (Å²) in [6, 6.07) is 13.3. The summed E-state index contributed by atoms with van der Waals surface area (Å²) in [7, 11) is -2.25. The summed E-state index contributed by atoms with van der Waals surface area (Å²) in [6.07, 6.45) is 1.05. The molecule has 0 spiro atoms. The van der Waals surface area contributed by atoms with Crippen molar-refractivity contribution < 1.29 is 17.9 Å². The van der Waals surface area contributed by atoms with Crippen LogP contribution in [0.5, 0.6) is 5.75 Å². The number of anilines is 2. The van der Waals surface area contributed by atoms with Gasteiger partial charge in [-0.25, -0.2) is 8.42 Å². The molecule has 10 heteroatoms. The SMILES string of the molecule is COc1cccc(N([C@@H](C)C(=O)Nc2nnc(-c3ccc(C)cc3)s2)S(C)(=O)=O)c1. The van der Waals surface area contributed by atoms with E-state index in [0.717, 1.165) is 21.7 Å². The molecule has 0 bridgehead atoms. The molecule has 0 saturated heterocycles. The highest BCUT2D eigenvalue weighted by atomic mass is 32.2. The average Bonchev–Trinajstić information content (AvgIpc) is 3.16. The minimum absolute atomic E-state index is 0.293. The van der Waals surface area contributed by atoms with Crippen molar-refractivity contribution in [2.75, 3.05) is 23.0 Å². The smallest absolute Gasteiger partial charge is 0.249 e. The summed E-state index contributed by atoms with van der Waals surface area (Å²) in [4.78, 5) is 12.8. The monoisotopic (exact) mass is 446 g/mol. The minimum atomic E-state index is -3.74. The van der Waals surface area contributed by atoms with E-state index in [1.165, 1.54) is 25.4 Å². The lowest BCUT2D eigenvalue weighted by Gasteiger charge is -2.28. The van der Waals surface area contributed by atoms with Gasteiger partial charge in [-0.2, -0.15) is 0 Å². The zero-order valence-electron chi connectivity index (χ0n) is 17.0. The van der Waals surface area contributed by atoms with Gasteiger partial charge in [-0.3, -0.25) is 14.4 Å². The maximum Gasteiger partial charge on any atom is 0.249 e. The van der Waals surface area contributed by atoms with E-state index in [9.17, 15) is 13.2 Å². The second kappa shape index (κ2) is 8.80. The molecule has 0 aliphatic heterocycles. The molecule has 158 valence electrons. The first-order valence-electron chi connectivity index (χ1n) is 9.04. The zero-order valence-corrected chi connectivity index (χ0v) is 18.6. The molecule has 1 atom stereocenters. The van der Waals surface area contributed by atoms with Gasteiger partial charge in [0.15, 0.2) is 0 Å². The molecular formula is C20H22N4O4S2. The quantitative estimate of drug-likeness (QED) is 0.597. The van der Waals surface area contributed by atoms with Crippen LogP contribution in [0.2, 0.25) is 0 Å². The van der Waals surface area contributed by atoms with Crippen LogP contribution in [-0.2, 0) is 14.8 Å². The number of amides is 1. The Kier molecular flexibility index (Phi) is 6.37. The highest BCUT2D eigenvalue weighted by molar-refractivity contribution is 7.92. The second-order valence-electron chi connectivity index (χ2n) is 6.70. The minimum Gasteiger partial charge on any atom is -0.497 e. The molecule has 0 radical (unpaired) electrons. The molecule has 2 aromatic carbocycles. The fraction of sp³-hybridized carbons (Fsp3) is 0.250. The Hall–Kier alpha value is -2.98. The van der Waals surface area contributed by atoms with Gasteiger partial charge in [0, 0.05) is 11.6 Å². The van der Waals surface area contributed by atoms with Crippen LogP contribution in [0.1, 0.15) is 12.5 Å². The largest absolute Gasteiger partial charge is 0.497 e. The summed E-state index contributed by atoms with van der Waals surface area (Å²) < 4.78 is 31.1. The van der Waals surface area contributed by atoms with Crippen LogP contribution in [0.3, 0.4) is 0 Å². The Morgan fingerprint density at radius 1 is 1.17 bits per heavy atom. The molecule has 0 saturated carbocycles. The topological polar surface area (TPSA) is 101 Å². The van der Waals surface area contributed by atoms with E-state index in [1.54, 1.807) is 24.3 Å². The fourth-order valence-electron chi connectivity index (χ4n) is 2.85. The van der Waals surface area contributed by atoms with Gasteiger partial charge >= 0.3 is 0 Å². The number of hydrogen-bond donors (Lipinski definition) is 1. The number of carbonyl (C=O) groups excluding carboxylic acids is 1. The lowest BCUT2D eigenvalue weighted by atomic mass is 10.2. The summed E-state index contributed by atoms with van der Waals surface area (Å²) in [6.45, 7) is 3.50. The highest BCUT2D eigenvalue weighted by Crippen LogP contribution is 2.28. The van der Waals surface area contributed by atoms with Gasteiger partial charge in [0.05, 0.1) is 19.1 Å². The maximum atomic E-state index is 12.8. The molecule has 30 heavy (non-hydrogen) atoms. The third-order valence-electron chi connectivity index (χ3n) is 4.35. The first-order valence-corrected chi connectivity index (χ1v) is 11.7. The molecule has 8 nitrogen and oxygen atoms in total. The van der Waals surface area contributed by atoms with E-state index in [2.05, 4.69) is 15.5 Å². The van der Waals surface area contributed by atoms with E-state index in [0.29, 0.717) is 21.6 Å². The van der Waals surface area contributed by atoms with Crippen molar-refractivity contribution in [1.29, 1.82) is 0 Å². The molecule has 1 amide bonds. The molecule has 1 N–H and O–H groups in total. The number of nitrogens with one attached hydrogen (secondary N) is 1. The summed E-state index contributed by atoms with van der Waals surface area (Å²) in [5, 5.41) is 11.7. The number of benzene rings is 2. The first-order chi connectivity index (χ1) is 14.2. The number of aromatic nitrogens is 2. The molecular weight excluding hydrogens is 424 g/mol. The highest BCUT2D eigenvalue weighted by Gasteiger charge is 2.30. The van der Waals surface area contributed by atoms with Crippen molar-refractivity contribution in [2.45, 2.75) is 19.9 Å². The van der Waals surface area contributed by atoms with Crippen molar-refractivity contribution in [2.24, 2.45) is 0 Å². The Bertz CT molecular complexity index is 1140. The fourth-order valence-corrected chi connectivity index (χ4v) is 4.77. The zero-order chi connectivity index (χ0) is 21.9. The first kappa shape index (κ1) is 21.7. The molecule has 0 fully saturated rings. The van der Waals surface area contributed by atoms with Crippen molar-refractivity contribution in [3.05, 3.63) is 54.1 Å². The molecule has 1 heterocycles. The van der Waals surface area contributed by atoms with Crippen molar-refractivity contribution in [3.63, 3.8) is 0 Å². The predicted octanol–water partition coefficient (Wildman–Crippen LogP) is 3.32. The number of methoxy groups -OCH3 is 1. The van der Waals surface area contributed by atoms with Crippen LogP contribution >= 0.6 is 11.3 Å². The van der Waals surface area contributed by atoms with E-state index < -0.39 is 22.0 Å². The summed E-state index contributed by atoms with van der Waals surface area (Å²) >= 11 is 1.22. The van der Waals surface area contributed by atoms with Crippen LogP contribution in [0.25, 0.3) is 10.6 Å². The van der Waals surface area contributed by atoms with E-state index >= 15 is 0 Å². The lowest BCUT2D eigenvalue weighted by Crippen LogP contribution is -2.45. The molecule has 0 aliphatic carbocycles. The van der Waals surface area contributed by atoms with Gasteiger partial charge in [-0.05, 0) is 26.0 Å². The molecule has 0 aliphatic rings. The van der Waals surface area contributed by atoms with Gasteiger partial charge in [0.2, 0.25) is 21.1 Å². The number of ether oxygens (including phenoxy) is 1. The van der Waals surface area contributed by atoms with Crippen molar-refractivity contribution >= 4 is 38.1 Å². The molecule has 3 aromatic rings. The molecule has 1 aromatic heterocycles. The number of rotatable bonds is 7. The van der Waals surface area contributed by atoms with E-state index in [-0.39, 0.29) is 0 Å². The van der Waals surface area contributed by atoms with Crippen molar-refractivity contribution in [1.82, 2.24) is 10.2 Å². The van der Waals surface area contributed by atoms with Crippen LogP contribution in [-0.4, -0.2) is 43.9 Å². The van der Waals surface area contributed by atoms with Gasteiger partial charge in [0.25, 0.3) is 0 Å². The lowest BCUT2D eigenvalue weighted by molar-refractivity contribution is -0.116. The molecule has 3 rings (SSSR count). The predicted molar refractivity (Wildman–Crippen MR) is 118 cm³/mol. The third-order valence-corrected chi connectivity index (χ3v) is 6.48. The third kappa shape index (κ3) is 4.95. The van der Waals surface area contributed by atoms with Crippen LogP contribution in [0.4, 0.5) is 10.8 Å². The van der Waals surface area contributed by atoms with Gasteiger partial charge in [0.1, 0.15) is 16.8 Å². The van der Waals surface area contributed by atoms with Crippen LogP contribution < -0.4 is 14.4 Å². The van der Waals surface area contributed by atoms with Crippen molar-refractivity contribution in [3.8, 4) is 16.3 Å². The van der Waals surface area contributed by atoms with Gasteiger partial charge in [-0.1, -0.05) is 47.2 Å². The average molecular weight is 447 g/mol. The van der Waals surface area contributed by atoms with E-state index in [4.69, 9.17) is 4.74 Å². The van der Waals surface area contributed by atoms with Crippen LogP contribution in [0, 0.1) is 6.92 Å². The normalized spacial score (nSPS) is 12.3. The number of sulfonamides is 1. The number of carbonyl (C=O) groups is 1. The Balaban J connectivity index is 1.81. The summed E-state index contributed by atoms with van der Waals surface area (Å²) in [5.41, 5.74) is 2.35. The van der Waals surface area contributed by atoms with Gasteiger partial charge < -0.3 is 4.74 Å².